The molecule has 0 spiro atoms. The number of benzene rings is 1. The van der Waals surface area contributed by atoms with Gasteiger partial charge < -0.3 is 21.5 Å². The van der Waals surface area contributed by atoms with Gasteiger partial charge in [0.25, 0.3) is 0 Å². The normalized spacial score (nSPS) is 13.0. The van der Waals surface area contributed by atoms with E-state index in [1.54, 1.807) is 12.1 Å². The zero-order chi connectivity index (χ0) is 17.4. The predicted molar refractivity (Wildman–Crippen MR) is 80.7 cm³/mol. The summed E-state index contributed by atoms with van der Waals surface area (Å²) in [6.45, 7) is 1.55. The van der Waals surface area contributed by atoms with Crippen LogP contribution < -0.4 is 16.4 Å². The molecule has 7 nitrogen and oxygen atoms in total. The third kappa shape index (κ3) is 6.88. The third-order valence-electron chi connectivity index (χ3n) is 3.15. The fraction of sp³-hybridized carbons (Fsp3) is 0.400. The highest BCUT2D eigenvalue weighted by Crippen LogP contribution is 2.03. The van der Waals surface area contributed by atoms with Crippen LogP contribution >= 0.6 is 0 Å². The summed E-state index contributed by atoms with van der Waals surface area (Å²) in [4.78, 5) is 33.9. The van der Waals surface area contributed by atoms with E-state index >= 15 is 0 Å². The molecule has 0 aliphatic heterocycles. The fourth-order valence-electron chi connectivity index (χ4n) is 1.72. The van der Waals surface area contributed by atoms with Crippen LogP contribution in [0.25, 0.3) is 0 Å². The van der Waals surface area contributed by atoms with E-state index in [-0.39, 0.29) is 25.2 Å². The van der Waals surface area contributed by atoms with Crippen molar-refractivity contribution in [3.63, 3.8) is 0 Å². The van der Waals surface area contributed by atoms with Gasteiger partial charge in [-0.2, -0.15) is 0 Å². The molecule has 0 radical (unpaired) electrons. The molecule has 0 aliphatic rings. The Kier molecular flexibility index (Phi) is 7.14. The monoisotopic (exact) mass is 325 g/mol. The molecule has 0 unspecified atom stereocenters. The van der Waals surface area contributed by atoms with Crippen LogP contribution in [-0.2, 0) is 20.9 Å². The number of aliphatic carboxylic acids is 1. The molecule has 2 atom stereocenters. The Balaban J connectivity index is 2.32. The maximum absolute atomic E-state index is 12.7. The molecule has 0 fully saturated rings. The molecule has 0 bridgehead atoms. The molecule has 5 N–H and O–H groups in total. The molecule has 1 rings (SSSR count). The topological polar surface area (TPSA) is 122 Å². The summed E-state index contributed by atoms with van der Waals surface area (Å²) in [6, 6.07) is 3.78. The lowest BCUT2D eigenvalue weighted by Gasteiger charge is -2.13. The van der Waals surface area contributed by atoms with E-state index in [2.05, 4.69) is 10.6 Å². The van der Waals surface area contributed by atoms with Crippen LogP contribution in [0.5, 0.6) is 0 Å². The second-order valence-corrected chi connectivity index (χ2v) is 5.12. The number of carbonyl (C=O) groups is 3. The second-order valence-electron chi connectivity index (χ2n) is 5.12. The highest BCUT2D eigenvalue weighted by molar-refractivity contribution is 5.85. The standard InChI is InChI=1S/C15H20FN3O4/c1-9(15(22)23)19-13(20)7-6-12(17)14(21)18-8-10-2-4-11(16)5-3-10/h2-5,9,12H,6-8,17H2,1H3,(H,18,21)(H,19,20)(H,22,23)/t9-,12-/m0/s1. The molecular weight excluding hydrogens is 305 g/mol. The lowest BCUT2D eigenvalue weighted by Crippen LogP contribution is -2.42. The number of rotatable bonds is 8. The summed E-state index contributed by atoms with van der Waals surface area (Å²) in [5, 5.41) is 13.5. The minimum absolute atomic E-state index is 0.0528. The number of halogens is 1. The van der Waals surface area contributed by atoms with Crippen molar-refractivity contribution in [1.82, 2.24) is 10.6 Å². The minimum atomic E-state index is -1.14. The van der Waals surface area contributed by atoms with Gasteiger partial charge in [-0.15, -0.1) is 0 Å². The molecule has 1 aromatic carbocycles. The van der Waals surface area contributed by atoms with Crippen molar-refractivity contribution in [2.75, 3.05) is 0 Å². The maximum atomic E-state index is 12.7. The molecule has 2 amide bonds. The van der Waals surface area contributed by atoms with Crippen LogP contribution in [-0.4, -0.2) is 35.0 Å². The third-order valence-corrected chi connectivity index (χ3v) is 3.15. The summed E-state index contributed by atoms with van der Waals surface area (Å²) < 4.78 is 12.7. The number of carboxylic acids is 1. The molecule has 126 valence electrons. The highest BCUT2D eigenvalue weighted by atomic mass is 19.1. The first-order chi connectivity index (χ1) is 10.8. The van der Waals surface area contributed by atoms with E-state index in [1.165, 1.54) is 19.1 Å². The number of amides is 2. The first-order valence-electron chi connectivity index (χ1n) is 7.09. The molecule has 0 saturated heterocycles. The number of hydrogen-bond donors (Lipinski definition) is 4. The Labute approximate surface area is 133 Å². The van der Waals surface area contributed by atoms with Crippen LogP contribution in [0.4, 0.5) is 4.39 Å². The first-order valence-corrected chi connectivity index (χ1v) is 7.09. The average Bonchev–Trinajstić information content (AvgIpc) is 2.51. The first kappa shape index (κ1) is 18.6. The molecular formula is C15H20FN3O4. The molecule has 1 aromatic rings. The molecule has 0 saturated carbocycles. The largest absolute Gasteiger partial charge is 0.480 e. The summed E-state index contributed by atoms with van der Waals surface area (Å²) in [5.41, 5.74) is 6.40. The molecule has 0 aliphatic carbocycles. The molecule has 23 heavy (non-hydrogen) atoms. The number of nitrogens with two attached hydrogens (primary N) is 1. The molecule has 0 aromatic heterocycles. The number of nitrogens with one attached hydrogen (secondary N) is 2. The van der Waals surface area contributed by atoms with Gasteiger partial charge in [0.15, 0.2) is 0 Å². The lowest BCUT2D eigenvalue weighted by atomic mass is 10.1. The number of hydrogen-bond acceptors (Lipinski definition) is 4. The summed E-state index contributed by atoms with van der Waals surface area (Å²) in [7, 11) is 0. The average molecular weight is 325 g/mol. The summed E-state index contributed by atoms with van der Waals surface area (Å²) in [6.07, 6.45) is 0.0379. The van der Waals surface area contributed by atoms with Crippen molar-refractivity contribution < 1.29 is 23.9 Å². The Morgan fingerprint density at radius 3 is 2.43 bits per heavy atom. The van der Waals surface area contributed by atoms with Crippen molar-refractivity contribution in [2.45, 2.75) is 38.4 Å². The Bertz CT molecular complexity index is 562. The quantitative estimate of drug-likeness (QED) is 0.541. The van der Waals surface area contributed by atoms with E-state index in [4.69, 9.17) is 10.8 Å². The van der Waals surface area contributed by atoms with Crippen molar-refractivity contribution >= 4 is 17.8 Å². The van der Waals surface area contributed by atoms with E-state index in [1.807, 2.05) is 0 Å². The Morgan fingerprint density at radius 2 is 1.87 bits per heavy atom. The molecule has 8 heteroatoms. The smallest absolute Gasteiger partial charge is 0.325 e. The van der Waals surface area contributed by atoms with E-state index < -0.39 is 29.9 Å². The Hall–Kier alpha value is -2.48. The number of carbonyl (C=O) groups excluding carboxylic acids is 2. The van der Waals surface area contributed by atoms with Gasteiger partial charge in [0.1, 0.15) is 11.9 Å². The number of carboxylic acid groups (broad SMARTS) is 1. The van der Waals surface area contributed by atoms with E-state index in [9.17, 15) is 18.8 Å². The zero-order valence-corrected chi connectivity index (χ0v) is 12.7. The van der Waals surface area contributed by atoms with Gasteiger partial charge in [-0.1, -0.05) is 12.1 Å². The van der Waals surface area contributed by atoms with Crippen molar-refractivity contribution in [3.8, 4) is 0 Å². The van der Waals surface area contributed by atoms with Crippen LogP contribution in [0.1, 0.15) is 25.3 Å². The van der Waals surface area contributed by atoms with Crippen LogP contribution in [0.15, 0.2) is 24.3 Å². The van der Waals surface area contributed by atoms with Gasteiger partial charge in [-0.3, -0.25) is 14.4 Å². The van der Waals surface area contributed by atoms with Crippen molar-refractivity contribution in [2.24, 2.45) is 5.73 Å². The van der Waals surface area contributed by atoms with Crippen molar-refractivity contribution in [3.05, 3.63) is 35.6 Å². The SMILES string of the molecule is C[C@H](NC(=O)CC[C@H](N)C(=O)NCc1ccc(F)cc1)C(=O)O. The highest BCUT2D eigenvalue weighted by Gasteiger charge is 2.17. The maximum Gasteiger partial charge on any atom is 0.325 e. The Morgan fingerprint density at radius 1 is 1.26 bits per heavy atom. The molecule has 0 heterocycles. The van der Waals surface area contributed by atoms with Crippen molar-refractivity contribution in [1.29, 1.82) is 0 Å². The van der Waals surface area contributed by atoms with Crippen LogP contribution in [0.3, 0.4) is 0 Å². The van der Waals surface area contributed by atoms with Gasteiger partial charge in [-0.05, 0) is 31.0 Å². The fourth-order valence-corrected chi connectivity index (χ4v) is 1.72. The predicted octanol–water partition coefficient (Wildman–Crippen LogP) is 0.139. The summed E-state index contributed by atoms with van der Waals surface area (Å²) in [5.74, 6) is -2.42. The van der Waals surface area contributed by atoms with E-state index in [0.717, 1.165) is 5.56 Å². The van der Waals surface area contributed by atoms with Crippen LogP contribution in [0.2, 0.25) is 0 Å². The zero-order valence-electron chi connectivity index (χ0n) is 12.7. The van der Waals surface area contributed by atoms with Crippen LogP contribution in [0, 0.1) is 5.82 Å². The lowest BCUT2D eigenvalue weighted by molar-refractivity contribution is -0.141. The van der Waals surface area contributed by atoms with Gasteiger partial charge in [0, 0.05) is 13.0 Å². The van der Waals surface area contributed by atoms with Gasteiger partial charge in [0.05, 0.1) is 6.04 Å². The summed E-state index contributed by atoms with van der Waals surface area (Å²) >= 11 is 0. The van der Waals surface area contributed by atoms with E-state index in [0.29, 0.717) is 0 Å². The van der Waals surface area contributed by atoms with Gasteiger partial charge in [0.2, 0.25) is 11.8 Å². The van der Waals surface area contributed by atoms with Gasteiger partial charge in [-0.25, -0.2) is 4.39 Å². The minimum Gasteiger partial charge on any atom is -0.480 e. The van der Waals surface area contributed by atoms with Gasteiger partial charge >= 0.3 is 5.97 Å². The second kappa shape index (κ2) is 8.84.